The van der Waals surface area contributed by atoms with E-state index in [-0.39, 0.29) is 18.6 Å². The van der Waals surface area contributed by atoms with Crippen LogP contribution in [0.5, 0.6) is 5.75 Å². The summed E-state index contributed by atoms with van der Waals surface area (Å²) in [5.41, 5.74) is 8.20. The Morgan fingerprint density at radius 1 is 1.48 bits per heavy atom. The van der Waals surface area contributed by atoms with E-state index in [2.05, 4.69) is 26.0 Å². The number of carbonyl (C=O) groups is 1. The van der Waals surface area contributed by atoms with E-state index < -0.39 is 0 Å². The molecule has 2 rings (SSSR count). The number of ether oxygens (including phenoxy) is 1. The van der Waals surface area contributed by atoms with Crippen molar-refractivity contribution in [3.63, 3.8) is 0 Å². The lowest BCUT2D eigenvalue weighted by molar-refractivity contribution is -0.134. The van der Waals surface area contributed by atoms with Gasteiger partial charge in [0.2, 0.25) is 0 Å². The smallest absolute Gasteiger partial charge is 0.260 e. The van der Waals surface area contributed by atoms with Crippen molar-refractivity contribution in [2.45, 2.75) is 45.6 Å². The van der Waals surface area contributed by atoms with Crippen LogP contribution in [0, 0.1) is 6.92 Å². The molecule has 1 fully saturated rings. The van der Waals surface area contributed by atoms with E-state index in [1.165, 1.54) is 0 Å². The molecule has 116 valence electrons. The summed E-state index contributed by atoms with van der Waals surface area (Å²) in [7, 11) is 0. The lowest BCUT2D eigenvalue weighted by Gasteiger charge is -2.30. The van der Waals surface area contributed by atoms with Crippen LogP contribution in [0.15, 0.2) is 18.2 Å². The Hall–Kier alpha value is -1.55. The van der Waals surface area contributed by atoms with Crippen molar-refractivity contribution >= 4 is 5.91 Å². The van der Waals surface area contributed by atoms with Crippen LogP contribution in [0.3, 0.4) is 0 Å². The van der Waals surface area contributed by atoms with Crippen molar-refractivity contribution in [3.05, 3.63) is 29.3 Å². The monoisotopic (exact) mass is 290 g/mol. The molecule has 4 nitrogen and oxygen atoms in total. The van der Waals surface area contributed by atoms with Crippen LogP contribution in [0.1, 0.15) is 43.7 Å². The van der Waals surface area contributed by atoms with Gasteiger partial charge in [0.1, 0.15) is 5.75 Å². The number of nitrogens with zero attached hydrogens (tertiary/aromatic N) is 1. The van der Waals surface area contributed by atoms with E-state index >= 15 is 0 Å². The van der Waals surface area contributed by atoms with Crippen molar-refractivity contribution in [2.75, 3.05) is 19.7 Å². The van der Waals surface area contributed by atoms with Gasteiger partial charge in [0, 0.05) is 19.1 Å². The molecule has 0 aromatic heterocycles. The highest BCUT2D eigenvalue weighted by molar-refractivity contribution is 5.78. The first-order valence-corrected chi connectivity index (χ1v) is 7.74. The molecule has 0 radical (unpaired) electrons. The summed E-state index contributed by atoms with van der Waals surface area (Å²) < 4.78 is 5.80. The number of carbonyl (C=O) groups excluding carboxylic acids is 1. The zero-order valence-electron chi connectivity index (χ0n) is 13.3. The fourth-order valence-corrected chi connectivity index (χ4v) is 2.71. The second-order valence-corrected chi connectivity index (χ2v) is 6.23. The Morgan fingerprint density at radius 3 is 2.90 bits per heavy atom. The van der Waals surface area contributed by atoms with Gasteiger partial charge in [-0.25, -0.2) is 0 Å². The van der Waals surface area contributed by atoms with Crippen LogP contribution in [0.25, 0.3) is 0 Å². The first kappa shape index (κ1) is 15.8. The molecule has 1 amide bonds. The number of nitrogens with two attached hydrogens (primary N) is 1. The minimum Gasteiger partial charge on any atom is -0.483 e. The molecule has 1 aromatic rings. The predicted molar refractivity (Wildman–Crippen MR) is 84.6 cm³/mol. The predicted octanol–water partition coefficient (Wildman–Crippen LogP) is 2.45. The van der Waals surface area contributed by atoms with Crippen LogP contribution in [-0.2, 0) is 4.79 Å². The summed E-state index contributed by atoms with van der Waals surface area (Å²) in [6, 6.07) is 6.27. The van der Waals surface area contributed by atoms with E-state index in [4.69, 9.17) is 10.5 Å². The van der Waals surface area contributed by atoms with Crippen LogP contribution >= 0.6 is 0 Å². The largest absolute Gasteiger partial charge is 0.483 e. The summed E-state index contributed by atoms with van der Waals surface area (Å²) in [5.74, 6) is 1.22. The third-order valence-electron chi connectivity index (χ3n) is 3.95. The molecule has 2 N–H and O–H groups in total. The Bertz CT molecular complexity index is 500. The molecular formula is C17H26N2O2. The first-order chi connectivity index (χ1) is 9.97. The molecule has 1 saturated heterocycles. The standard InChI is InChI=1S/C17H26N2O2/c1-12(2)15-7-6-13(3)9-16(15)21-11-17(20)19-8-4-5-14(18)10-19/h6-7,9,12,14H,4-5,8,10-11,18H2,1-3H3/t14-/m1/s1. The second-order valence-electron chi connectivity index (χ2n) is 6.23. The zero-order chi connectivity index (χ0) is 15.4. The fourth-order valence-electron chi connectivity index (χ4n) is 2.71. The maximum absolute atomic E-state index is 12.2. The maximum Gasteiger partial charge on any atom is 0.260 e. The molecule has 1 heterocycles. The minimum atomic E-state index is 0.0290. The minimum absolute atomic E-state index is 0.0290. The van der Waals surface area contributed by atoms with Crippen LogP contribution < -0.4 is 10.5 Å². The number of piperidine rings is 1. The van der Waals surface area contributed by atoms with Gasteiger partial charge >= 0.3 is 0 Å². The summed E-state index contributed by atoms with van der Waals surface area (Å²) >= 11 is 0. The number of hydrogen-bond donors (Lipinski definition) is 1. The first-order valence-electron chi connectivity index (χ1n) is 7.74. The molecule has 0 saturated carbocycles. The highest BCUT2D eigenvalue weighted by atomic mass is 16.5. The van der Waals surface area contributed by atoms with Crippen molar-refractivity contribution in [1.29, 1.82) is 0 Å². The summed E-state index contributed by atoms with van der Waals surface area (Å²) in [6.07, 6.45) is 1.98. The molecule has 0 unspecified atom stereocenters. The van der Waals surface area contributed by atoms with Gasteiger partial charge in [-0.3, -0.25) is 4.79 Å². The van der Waals surface area contributed by atoms with Gasteiger partial charge < -0.3 is 15.4 Å². The number of aryl methyl sites for hydroxylation is 1. The molecule has 21 heavy (non-hydrogen) atoms. The van der Waals surface area contributed by atoms with Crippen LogP contribution in [0.2, 0.25) is 0 Å². The fraction of sp³-hybridized carbons (Fsp3) is 0.588. The maximum atomic E-state index is 12.2. The molecule has 1 aromatic carbocycles. The third kappa shape index (κ3) is 4.21. The van der Waals surface area contributed by atoms with E-state index in [9.17, 15) is 4.79 Å². The van der Waals surface area contributed by atoms with Gasteiger partial charge in [-0.05, 0) is 42.9 Å². The van der Waals surface area contributed by atoms with Gasteiger partial charge in [-0.2, -0.15) is 0 Å². The van der Waals surface area contributed by atoms with E-state index in [1.807, 2.05) is 17.9 Å². The number of likely N-dealkylation sites (tertiary alicyclic amines) is 1. The summed E-state index contributed by atoms with van der Waals surface area (Å²) in [5, 5.41) is 0. The lowest BCUT2D eigenvalue weighted by atomic mass is 10.0. The number of hydrogen-bond acceptors (Lipinski definition) is 3. The average molecular weight is 290 g/mol. The van der Waals surface area contributed by atoms with E-state index in [1.54, 1.807) is 0 Å². The van der Waals surface area contributed by atoms with Crippen LogP contribution in [-0.4, -0.2) is 36.5 Å². The van der Waals surface area contributed by atoms with E-state index in [0.29, 0.717) is 12.5 Å². The number of amides is 1. The van der Waals surface area contributed by atoms with Gasteiger partial charge in [0.05, 0.1) is 0 Å². The normalized spacial score (nSPS) is 18.9. The summed E-state index contributed by atoms with van der Waals surface area (Å²) in [6.45, 7) is 7.82. The Kier molecular flexibility index (Phi) is 5.23. The lowest BCUT2D eigenvalue weighted by Crippen LogP contribution is -2.47. The Labute approximate surface area is 127 Å². The average Bonchev–Trinajstić information content (AvgIpc) is 2.44. The van der Waals surface area contributed by atoms with Crippen molar-refractivity contribution in [2.24, 2.45) is 5.73 Å². The van der Waals surface area contributed by atoms with Gasteiger partial charge in [0.25, 0.3) is 5.91 Å². The molecule has 1 aliphatic rings. The molecule has 0 spiro atoms. The molecule has 4 heteroatoms. The van der Waals surface area contributed by atoms with Gasteiger partial charge in [0.15, 0.2) is 6.61 Å². The quantitative estimate of drug-likeness (QED) is 0.926. The van der Waals surface area contributed by atoms with Crippen LogP contribution in [0.4, 0.5) is 0 Å². The second kappa shape index (κ2) is 6.94. The summed E-state index contributed by atoms with van der Waals surface area (Å²) in [4.78, 5) is 14.0. The third-order valence-corrected chi connectivity index (χ3v) is 3.95. The molecule has 1 atom stereocenters. The molecule has 1 aliphatic heterocycles. The molecule has 0 aliphatic carbocycles. The highest BCUT2D eigenvalue weighted by Crippen LogP contribution is 2.27. The number of benzene rings is 1. The van der Waals surface area contributed by atoms with Gasteiger partial charge in [-0.15, -0.1) is 0 Å². The van der Waals surface area contributed by atoms with Crippen molar-refractivity contribution in [1.82, 2.24) is 4.90 Å². The molecular weight excluding hydrogens is 264 g/mol. The number of rotatable bonds is 4. The Morgan fingerprint density at radius 2 is 2.24 bits per heavy atom. The van der Waals surface area contributed by atoms with Crippen molar-refractivity contribution < 1.29 is 9.53 Å². The Balaban J connectivity index is 1.99. The SMILES string of the molecule is Cc1ccc(C(C)C)c(OCC(=O)N2CCC[C@@H](N)C2)c1. The topological polar surface area (TPSA) is 55.6 Å². The highest BCUT2D eigenvalue weighted by Gasteiger charge is 2.21. The molecule has 0 bridgehead atoms. The van der Waals surface area contributed by atoms with Gasteiger partial charge in [-0.1, -0.05) is 26.0 Å². The van der Waals surface area contributed by atoms with Crippen molar-refractivity contribution in [3.8, 4) is 5.75 Å². The zero-order valence-corrected chi connectivity index (χ0v) is 13.3. The van der Waals surface area contributed by atoms with E-state index in [0.717, 1.165) is 36.3 Å².